The normalized spacial score (nSPS) is 34.7. The SMILES string of the molecule is CC(C)(C)NC(=O)[C@H]1CC[C@H]2[C@@H]3CC[C@H]4NC(=O)C=C[C@]4(C)[C@H]3CC[C@]12C.CCCCC[C@H](O)/C=C/[C@H]1[C@H](O)CC(=O)[C@@H]1C/C=C\CCCC(=O)O.[NaH].[NaH]. The summed E-state index contributed by atoms with van der Waals surface area (Å²) in [6.45, 7) is 13.1. The molecule has 5 aliphatic rings. The van der Waals surface area contributed by atoms with Crippen LogP contribution >= 0.6 is 0 Å². The van der Waals surface area contributed by atoms with E-state index in [4.69, 9.17) is 5.11 Å². The van der Waals surface area contributed by atoms with Crippen LogP contribution in [0.25, 0.3) is 0 Å². The number of allylic oxidation sites excluding steroid dienone is 2. The maximum atomic E-state index is 13.0. The first-order valence-electron chi connectivity index (χ1n) is 20.3. The molecule has 54 heavy (non-hydrogen) atoms. The molecule has 11 heteroatoms. The van der Waals surface area contributed by atoms with Crippen LogP contribution in [0.3, 0.4) is 0 Å². The third-order valence-electron chi connectivity index (χ3n) is 13.2. The molecular weight excluding hydrogens is 702 g/mol. The van der Waals surface area contributed by atoms with Gasteiger partial charge in [-0.05, 0) is 114 Å². The number of hydrogen-bond donors (Lipinski definition) is 5. The Labute approximate surface area is 369 Å². The molecule has 0 aromatic carbocycles. The van der Waals surface area contributed by atoms with E-state index in [1.54, 1.807) is 18.2 Å². The number of nitrogens with one attached hydrogen (secondary N) is 2. The van der Waals surface area contributed by atoms with Crippen molar-refractivity contribution in [2.24, 2.45) is 46.3 Å². The van der Waals surface area contributed by atoms with E-state index < -0.39 is 18.2 Å². The van der Waals surface area contributed by atoms with Crippen LogP contribution in [-0.4, -0.2) is 122 Å². The van der Waals surface area contributed by atoms with E-state index in [0.717, 1.165) is 38.5 Å². The number of unbranched alkanes of at least 4 members (excludes halogenated alkanes) is 3. The summed E-state index contributed by atoms with van der Waals surface area (Å²) >= 11 is 0. The van der Waals surface area contributed by atoms with Crippen molar-refractivity contribution in [3.05, 3.63) is 36.5 Å². The first kappa shape index (κ1) is 49.4. The van der Waals surface area contributed by atoms with Crippen molar-refractivity contribution >= 4 is 82.7 Å². The summed E-state index contributed by atoms with van der Waals surface area (Å²) in [6, 6.07) is 0.280. The number of rotatable bonds is 13. The number of aliphatic carboxylic acids is 1. The van der Waals surface area contributed by atoms with E-state index in [-0.39, 0.29) is 130 Å². The van der Waals surface area contributed by atoms with E-state index in [0.29, 0.717) is 43.4 Å². The molecule has 5 N–H and O–H groups in total. The molecule has 11 atom stereocenters. The van der Waals surface area contributed by atoms with Crippen molar-refractivity contribution in [2.45, 2.75) is 162 Å². The number of carboxylic acid groups (broad SMARTS) is 1. The van der Waals surface area contributed by atoms with Crippen molar-refractivity contribution in [3.63, 3.8) is 0 Å². The number of carboxylic acids is 1. The average molecular weight is 773 g/mol. The number of ketones is 1. The van der Waals surface area contributed by atoms with Crippen molar-refractivity contribution < 1.29 is 34.5 Å². The quantitative estimate of drug-likeness (QED) is 0.0906. The third kappa shape index (κ3) is 12.6. The molecule has 0 radical (unpaired) electrons. The van der Waals surface area contributed by atoms with E-state index in [1.807, 2.05) is 12.2 Å². The number of aliphatic hydroxyl groups is 2. The van der Waals surface area contributed by atoms with Crippen LogP contribution in [0.4, 0.5) is 0 Å². The number of amides is 2. The summed E-state index contributed by atoms with van der Waals surface area (Å²) in [5.41, 5.74) is 0.0323. The zero-order chi connectivity index (χ0) is 38.3. The topological polar surface area (TPSA) is 153 Å². The summed E-state index contributed by atoms with van der Waals surface area (Å²) in [5, 5.41) is 35.2. The van der Waals surface area contributed by atoms with Crippen molar-refractivity contribution in [1.29, 1.82) is 0 Å². The molecule has 0 bridgehead atoms. The fourth-order valence-corrected chi connectivity index (χ4v) is 10.4. The predicted octanol–water partition coefficient (Wildman–Crippen LogP) is 5.77. The molecule has 0 unspecified atom stereocenters. The van der Waals surface area contributed by atoms with Gasteiger partial charge in [-0.3, -0.25) is 19.2 Å². The maximum absolute atomic E-state index is 13.0. The van der Waals surface area contributed by atoms with Crippen LogP contribution in [0.5, 0.6) is 0 Å². The van der Waals surface area contributed by atoms with Crippen molar-refractivity contribution in [1.82, 2.24) is 10.6 Å². The van der Waals surface area contributed by atoms with Crippen molar-refractivity contribution in [2.75, 3.05) is 0 Å². The molecule has 1 heterocycles. The Kier molecular flexibility index (Phi) is 20.0. The van der Waals surface area contributed by atoms with E-state index in [9.17, 15) is 29.4 Å². The standard InChI is InChI=1S/C23H36N2O2.C20H32O5.2Na.2H/c1-21(2,3)25-20(27)17-8-7-15-14-6-9-18-23(5,13-11-19(26)24-18)16(14)10-12-22(15,17)4;1-2-3-6-9-15(21)12-13-17-16(18(22)14-19(17)23)10-7-4-5-8-11-20(24)25;;;;/h11,13-18H,6-10,12H2,1-5H3,(H,24,26)(H,25,27);4,7,12-13,15-17,19,21,23H,2-3,5-6,8-11,14H2,1H3,(H,24,25);;;;/b;7-4-,13-12+;;;;/t14-,15-,16-,17+,18+,22-,23+;15-,16+,17+,19+;;;;/m00..../s1. The average Bonchev–Trinajstić information content (AvgIpc) is 3.55. The molecule has 0 aromatic heterocycles. The zero-order valence-corrected chi connectivity index (χ0v) is 32.7. The second-order valence-electron chi connectivity index (χ2n) is 18.0. The van der Waals surface area contributed by atoms with Gasteiger partial charge in [0, 0.05) is 47.6 Å². The van der Waals surface area contributed by atoms with Gasteiger partial charge in [0.2, 0.25) is 11.8 Å². The molecule has 0 spiro atoms. The van der Waals surface area contributed by atoms with Gasteiger partial charge in [-0.2, -0.15) is 0 Å². The van der Waals surface area contributed by atoms with Crippen molar-refractivity contribution in [3.8, 4) is 0 Å². The zero-order valence-electron chi connectivity index (χ0n) is 32.7. The molecule has 4 fully saturated rings. The van der Waals surface area contributed by atoms with Gasteiger partial charge in [0.25, 0.3) is 0 Å². The van der Waals surface area contributed by atoms with Gasteiger partial charge in [-0.1, -0.05) is 70.4 Å². The van der Waals surface area contributed by atoms with Gasteiger partial charge in [-0.15, -0.1) is 0 Å². The number of fused-ring (bicyclic) bond motifs is 5. The van der Waals surface area contributed by atoms with Crippen LogP contribution in [0.15, 0.2) is 36.5 Å². The number of carbonyl (C=O) groups excluding carboxylic acids is 3. The van der Waals surface area contributed by atoms with E-state index >= 15 is 0 Å². The van der Waals surface area contributed by atoms with Gasteiger partial charge in [0.15, 0.2) is 0 Å². The minimum atomic E-state index is -0.801. The Bertz CT molecular complexity index is 1360. The Hall–Kier alpha value is -0.780. The summed E-state index contributed by atoms with van der Waals surface area (Å²) in [4.78, 5) is 47.4. The molecule has 2 amide bonds. The molecular formula is C43H70N2Na2O7. The molecule has 0 aromatic rings. The Balaban J connectivity index is 0.000000362. The monoisotopic (exact) mass is 772 g/mol. The number of aliphatic hydroxyl groups excluding tert-OH is 2. The van der Waals surface area contributed by atoms with Gasteiger partial charge in [0.1, 0.15) is 5.78 Å². The summed E-state index contributed by atoms with van der Waals surface area (Å²) in [5.74, 6) is 1.15. The Morgan fingerprint density at radius 1 is 1.02 bits per heavy atom. The molecule has 296 valence electrons. The first-order chi connectivity index (χ1) is 24.5. The summed E-state index contributed by atoms with van der Waals surface area (Å²) < 4.78 is 0. The van der Waals surface area contributed by atoms with E-state index in [1.165, 1.54) is 19.3 Å². The Morgan fingerprint density at radius 2 is 1.74 bits per heavy atom. The van der Waals surface area contributed by atoms with Gasteiger partial charge in [0.05, 0.1) is 12.2 Å². The van der Waals surface area contributed by atoms with Gasteiger partial charge < -0.3 is 26.0 Å². The molecule has 1 aliphatic heterocycles. The number of hydrogen-bond acceptors (Lipinski definition) is 6. The van der Waals surface area contributed by atoms with Gasteiger partial charge in [-0.25, -0.2) is 0 Å². The molecule has 4 aliphatic carbocycles. The summed E-state index contributed by atoms with van der Waals surface area (Å²) in [6.07, 6.45) is 22.8. The Morgan fingerprint density at radius 3 is 2.41 bits per heavy atom. The second kappa shape index (κ2) is 21.8. The molecule has 4 saturated carbocycles. The summed E-state index contributed by atoms with van der Waals surface area (Å²) in [7, 11) is 0. The predicted molar refractivity (Wildman–Crippen MR) is 218 cm³/mol. The number of Topliss-reactive ketones (excluding diaryl/α,β-unsaturated/α-hetero) is 1. The molecule has 0 saturated heterocycles. The number of carbonyl (C=O) groups is 4. The van der Waals surface area contributed by atoms with Crippen LogP contribution < -0.4 is 10.6 Å². The fourth-order valence-electron chi connectivity index (χ4n) is 10.4. The van der Waals surface area contributed by atoms with Gasteiger partial charge >= 0.3 is 65.1 Å². The van der Waals surface area contributed by atoms with Crippen LogP contribution in [0.1, 0.15) is 138 Å². The second-order valence-corrected chi connectivity index (χ2v) is 18.0. The first-order valence-corrected chi connectivity index (χ1v) is 20.3. The fraction of sp³-hybridized carbons (Fsp3) is 0.767. The van der Waals surface area contributed by atoms with Crippen LogP contribution in [0, 0.1) is 46.3 Å². The molecule has 5 rings (SSSR count). The van der Waals surface area contributed by atoms with Crippen LogP contribution in [-0.2, 0) is 19.2 Å². The van der Waals surface area contributed by atoms with E-state index in [2.05, 4.69) is 58.3 Å². The minimum absolute atomic E-state index is 0. The third-order valence-corrected chi connectivity index (χ3v) is 13.2. The molecule has 9 nitrogen and oxygen atoms in total. The van der Waals surface area contributed by atoms with Crippen LogP contribution in [0.2, 0.25) is 0 Å².